The molecule has 0 saturated heterocycles. The third-order valence-corrected chi connectivity index (χ3v) is 4.07. The number of para-hydroxylation sites is 1. The second kappa shape index (κ2) is 10.4. The Kier molecular flexibility index (Phi) is 7.86. The maximum Gasteiger partial charge on any atom is 0.271 e. The van der Waals surface area contributed by atoms with Crippen molar-refractivity contribution < 1.29 is 9.53 Å². The fourth-order valence-electron chi connectivity index (χ4n) is 2.81. The summed E-state index contributed by atoms with van der Waals surface area (Å²) in [6, 6.07) is 11.4. The van der Waals surface area contributed by atoms with Crippen molar-refractivity contribution in [1.29, 1.82) is 0 Å². The van der Waals surface area contributed by atoms with Gasteiger partial charge in [-0.2, -0.15) is 0 Å². The van der Waals surface area contributed by atoms with E-state index in [4.69, 9.17) is 4.74 Å². The number of nitrogens with zero attached hydrogens (tertiary/aromatic N) is 3. The first-order chi connectivity index (χ1) is 12.7. The molecule has 0 bridgehead atoms. The monoisotopic (exact) mass is 356 g/mol. The number of rotatable bonds is 10. The van der Waals surface area contributed by atoms with Crippen LogP contribution in [0.25, 0.3) is 0 Å². The summed E-state index contributed by atoms with van der Waals surface area (Å²) in [4.78, 5) is 14.5. The predicted octanol–water partition coefficient (Wildman–Crippen LogP) is 3.08. The number of aromatic nitrogens is 2. The normalized spacial score (nSPS) is 10.4. The molecule has 1 N–H and O–H groups in total. The average Bonchev–Trinajstić information content (AvgIpc) is 2.68. The molecule has 1 aromatic carbocycles. The number of hydrogen-bond acceptors (Lipinski definition) is 5. The maximum atomic E-state index is 12.3. The van der Waals surface area contributed by atoms with Gasteiger partial charge in [-0.25, -0.2) is 0 Å². The highest BCUT2D eigenvalue weighted by atomic mass is 16.5. The van der Waals surface area contributed by atoms with Gasteiger partial charge in [0.2, 0.25) is 0 Å². The quantitative estimate of drug-likeness (QED) is 0.708. The maximum absolute atomic E-state index is 12.3. The third-order valence-electron chi connectivity index (χ3n) is 4.07. The predicted molar refractivity (Wildman–Crippen MR) is 104 cm³/mol. The minimum absolute atomic E-state index is 0.212. The highest BCUT2D eigenvalue weighted by Gasteiger charge is 2.11. The van der Waals surface area contributed by atoms with Crippen LogP contribution >= 0.6 is 0 Å². The molecule has 0 saturated carbocycles. The van der Waals surface area contributed by atoms with Crippen LogP contribution in [0.3, 0.4) is 0 Å². The van der Waals surface area contributed by atoms with Crippen molar-refractivity contribution in [2.75, 3.05) is 31.6 Å². The lowest BCUT2D eigenvalue weighted by Gasteiger charge is -2.21. The van der Waals surface area contributed by atoms with Gasteiger partial charge in [-0.05, 0) is 43.0 Å². The minimum atomic E-state index is -0.212. The van der Waals surface area contributed by atoms with E-state index in [1.165, 1.54) is 0 Å². The number of ether oxygens (including phenoxy) is 1. The minimum Gasteiger partial charge on any atom is -0.496 e. The summed E-state index contributed by atoms with van der Waals surface area (Å²) < 4.78 is 5.32. The van der Waals surface area contributed by atoms with Gasteiger partial charge < -0.3 is 15.0 Å². The summed E-state index contributed by atoms with van der Waals surface area (Å²) in [6.07, 6.45) is 2.79. The summed E-state index contributed by atoms with van der Waals surface area (Å²) >= 11 is 0. The Morgan fingerprint density at radius 1 is 1.08 bits per heavy atom. The van der Waals surface area contributed by atoms with Crippen LogP contribution in [0.1, 0.15) is 42.7 Å². The van der Waals surface area contributed by atoms with Gasteiger partial charge in [-0.1, -0.05) is 32.0 Å². The zero-order valence-electron chi connectivity index (χ0n) is 15.9. The van der Waals surface area contributed by atoms with E-state index in [2.05, 4.69) is 34.3 Å². The number of hydrogen-bond donors (Lipinski definition) is 1. The highest BCUT2D eigenvalue weighted by molar-refractivity contribution is 5.92. The van der Waals surface area contributed by atoms with Gasteiger partial charge in [0, 0.05) is 19.6 Å². The summed E-state index contributed by atoms with van der Waals surface area (Å²) in [5.74, 6) is 1.44. The lowest BCUT2D eigenvalue weighted by Crippen LogP contribution is -2.28. The molecule has 0 fully saturated rings. The van der Waals surface area contributed by atoms with Gasteiger partial charge in [0.25, 0.3) is 5.91 Å². The Labute approximate surface area is 155 Å². The molecule has 0 unspecified atom stereocenters. The van der Waals surface area contributed by atoms with Crippen molar-refractivity contribution in [1.82, 2.24) is 15.5 Å². The SMILES string of the molecule is CCCN(CCC)c1ccc(C(=O)NCCc2ccccc2OC)nn1. The molecule has 6 heteroatoms. The van der Waals surface area contributed by atoms with Crippen molar-refractivity contribution in [3.63, 3.8) is 0 Å². The number of carbonyl (C=O) groups excluding carboxylic acids is 1. The molecule has 140 valence electrons. The number of carbonyl (C=O) groups is 1. The number of methoxy groups -OCH3 is 1. The molecule has 0 aliphatic heterocycles. The van der Waals surface area contributed by atoms with Crippen molar-refractivity contribution in [2.24, 2.45) is 0 Å². The molecule has 0 radical (unpaired) electrons. The van der Waals surface area contributed by atoms with Crippen LogP contribution in [-0.2, 0) is 6.42 Å². The van der Waals surface area contributed by atoms with Gasteiger partial charge in [-0.15, -0.1) is 10.2 Å². The van der Waals surface area contributed by atoms with Gasteiger partial charge in [0.15, 0.2) is 11.5 Å². The molecular formula is C20H28N4O2. The molecule has 0 spiro atoms. The van der Waals surface area contributed by atoms with Crippen LogP contribution < -0.4 is 15.0 Å². The van der Waals surface area contributed by atoms with Crippen molar-refractivity contribution in [3.05, 3.63) is 47.7 Å². The van der Waals surface area contributed by atoms with Gasteiger partial charge in [0.05, 0.1) is 7.11 Å². The molecule has 1 heterocycles. The molecule has 2 aromatic rings. The highest BCUT2D eigenvalue weighted by Crippen LogP contribution is 2.17. The van der Waals surface area contributed by atoms with E-state index < -0.39 is 0 Å². The van der Waals surface area contributed by atoms with Gasteiger partial charge >= 0.3 is 0 Å². The Bertz CT molecular complexity index is 682. The first-order valence-corrected chi connectivity index (χ1v) is 9.18. The van der Waals surface area contributed by atoms with E-state index in [-0.39, 0.29) is 5.91 Å². The molecule has 0 aliphatic rings. The van der Waals surface area contributed by atoms with Crippen LogP contribution in [0.5, 0.6) is 5.75 Å². The topological polar surface area (TPSA) is 67.4 Å². The summed E-state index contributed by atoms with van der Waals surface area (Å²) in [5, 5.41) is 11.2. The van der Waals surface area contributed by atoms with Crippen LogP contribution in [0, 0.1) is 0 Å². The molecule has 26 heavy (non-hydrogen) atoms. The lowest BCUT2D eigenvalue weighted by atomic mass is 10.1. The molecule has 6 nitrogen and oxygen atoms in total. The Hall–Kier alpha value is -2.63. The van der Waals surface area contributed by atoms with Crippen molar-refractivity contribution in [3.8, 4) is 5.75 Å². The third kappa shape index (κ3) is 5.44. The van der Waals surface area contributed by atoms with Crippen molar-refractivity contribution in [2.45, 2.75) is 33.1 Å². The van der Waals surface area contributed by atoms with Crippen LogP contribution in [0.15, 0.2) is 36.4 Å². The molecule has 2 rings (SSSR count). The number of amides is 1. The Balaban J connectivity index is 1.91. The molecule has 0 atom stereocenters. The number of anilines is 1. The lowest BCUT2D eigenvalue weighted by molar-refractivity contribution is 0.0948. The fraction of sp³-hybridized carbons (Fsp3) is 0.450. The average molecular weight is 356 g/mol. The van der Waals surface area contributed by atoms with E-state index in [0.717, 1.165) is 43.1 Å². The number of nitrogens with one attached hydrogen (secondary N) is 1. The van der Waals surface area contributed by atoms with E-state index in [1.54, 1.807) is 13.2 Å². The van der Waals surface area contributed by atoms with Crippen LogP contribution in [0.4, 0.5) is 5.82 Å². The Morgan fingerprint density at radius 2 is 1.81 bits per heavy atom. The largest absolute Gasteiger partial charge is 0.496 e. The second-order valence-corrected chi connectivity index (χ2v) is 6.08. The van der Waals surface area contributed by atoms with E-state index in [9.17, 15) is 4.79 Å². The standard InChI is InChI=1S/C20H28N4O2/c1-4-14-24(15-5-2)19-11-10-17(22-23-19)20(25)21-13-12-16-8-6-7-9-18(16)26-3/h6-11H,4-5,12-15H2,1-3H3,(H,21,25). The molecule has 1 aromatic heterocycles. The molecule has 0 aliphatic carbocycles. The van der Waals surface area contributed by atoms with Crippen LogP contribution in [-0.4, -0.2) is 42.8 Å². The first-order valence-electron chi connectivity index (χ1n) is 9.18. The summed E-state index contributed by atoms with van der Waals surface area (Å²) in [6.45, 7) is 6.67. The number of benzene rings is 1. The van der Waals surface area contributed by atoms with Crippen LogP contribution in [0.2, 0.25) is 0 Å². The van der Waals surface area contributed by atoms with E-state index in [0.29, 0.717) is 18.7 Å². The van der Waals surface area contributed by atoms with Crippen molar-refractivity contribution >= 4 is 11.7 Å². The second-order valence-electron chi connectivity index (χ2n) is 6.08. The molecular weight excluding hydrogens is 328 g/mol. The van der Waals surface area contributed by atoms with Gasteiger partial charge in [-0.3, -0.25) is 4.79 Å². The first kappa shape index (κ1) is 19.7. The zero-order valence-corrected chi connectivity index (χ0v) is 15.9. The molecule has 1 amide bonds. The van der Waals surface area contributed by atoms with Gasteiger partial charge in [0.1, 0.15) is 5.75 Å². The smallest absolute Gasteiger partial charge is 0.271 e. The summed E-state index contributed by atoms with van der Waals surface area (Å²) in [5.41, 5.74) is 1.40. The zero-order chi connectivity index (χ0) is 18.8. The van der Waals surface area contributed by atoms with E-state index in [1.807, 2.05) is 30.3 Å². The van der Waals surface area contributed by atoms with E-state index >= 15 is 0 Å². The summed E-state index contributed by atoms with van der Waals surface area (Å²) in [7, 11) is 1.65. The Morgan fingerprint density at radius 3 is 2.42 bits per heavy atom. The fourth-order valence-corrected chi connectivity index (χ4v) is 2.81.